The molecular weight excluding hydrogens is 282 g/mol. The van der Waals surface area contributed by atoms with E-state index in [0.717, 1.165) is 10.3 Å². The van der Waals surface area contributed by atoms with Crippen molar-refractivity contribution >= 4 is 38.1 Å². The summed E-state index contributed by atoms with van der Waals surface area (Å²) >= 11 is 5.15. The van der Waals surface area contributed by atoms with Crippen LogP contribution in [0, 0.1) is 0 Å². The first-order valence-corrected chi connectivity index (χ1v) is 7.69. The van der Waals surface area contributed by atoms with E-state index in [4.69, 9.17) is 0 Å². The lowest BCUT2D eigenvalue weighted by atomic mass is 10.3. The molecule has 14 heavy (non-hydrogen) atoms. The molecular formula is C9H14BrNOS2. The lowest BCUT2D eigenvalue weighted by Crippen LogP contribution is -2.30. The number of hydrogen-bond acceptors (Lipinski definition) is 3. The number of thiophene rings is 1. The van der Waals surface area contributed by atoms with E-state index in [1.807, 2.05) is 6.07 Å². The number of hydrogen-bond donors (Lipinski definition) is 1. The first-order valence-electron chi connectivity index (χ1n) is 4.35. The summed E-state index contributed by atoms with van der Waals surface area (Å²) in [6, 6.07) is 4.45. The fourth-order valence-electron chi connectivity index (χ4n) is 1.13. The van der Waals surface area contributed by atoms with Crippen molar-refractivity contribution in [1.29, 1.82) is 0 Å². The standard InChI is InChI=1S/C9H14BrNOS2/c1-7(6-14(2)12)11-5-8-3-4-9(10)13-8/h3-4,7,11H,5-6H2,1-2H3. The van der Waals surface area contributed by atoms with E-state index < -0.39 is 10.8 Å². The number of nitrogens with one attached hydrogen (secondary N) is 1. The van der Waals surface area contributed by atoms with Crippen molar-refractivity contribution in [2.45, 2.75) is 19.5 Å². The van der Waals surface area contributed by atoms with Gasteiger partial charge in [-0.1, -0.05) is 0 Å². The van der Waals surface area contributed by atoms with E-state index >= 15 is 0 Å². The van der Waals surface area contributed by atoms with Crippen molar-refractivity contribution in [2.24, 2.45) is 0 Å². The summed E-state index contributed by atoms with van der Waals surface area (Å²) in [7, 11) is -0.717. The van der Waals surface area contributed by atoms with Crippen LogP contribution < -0.4 is 5.32 Å². The van der Waals surface area contributed by atoms with E-state index in [1.165, 1.54) is 4.88 Å². The Hall–Kier alpha value is 0.290. The Balaban J connectivity index is 2.30. The van der Waals surface area contributed by atoms with Gasteiger partial charge in [0.05, 0.1) is 3.79 Å². The molecule has 0 saturated heterocycles. The normalized spacial score (nSPS) is 15.4. The van der Waals surface area contributed by atoms with Crippen molar-refractivity contribution in [3.63, 3.8) is 0 Å². The topological polar surface area (TPSA) is 29.1 Å². The molecule has 0 aliphatic rings. The molecule has 0 saturated carbocycles. The van der Waals surface area contributed by atoms with Gasteiger partial charge >= 0.3 is 0 Å². The molecule has 2 atom stereocenters. The first-order chi connectivity index (χ1) is 6.58. The molecule has 1 aromatic heterocycles. The Kier molecular flexibility index (Phi) is 5.30. The van der Waals surface area contributed by atoms with Crippen LogP contribution in [0.1, 0.15) is 11.8 Å². The molecule has 2 unspecified atom stereocenters. The second-order valence-corrected chi connectivity index (χ2v) is 7.25. The summed E-state index contributed by atoms with van der Waals surface area (Å²) in [6.45, 7) is 2.92. The van der Waals surface area contributed by atoms with Crippen LogP contribution in [0.5, 0.6) is 0 Å². The molecule has 0 spiro atoms. The van der Waals surface area contributed by atoms with Crippen molar-refractivity contribution in [1.82, 2.24) is 5.32 Å². The third-order valence-corrected chi connectivity index (χ3v) is 4.33. The highest BCUT2D eigenvalue weighted by Crippen LogP contribution is 2.21. The lowest BCUT2D eigenvalue weighted by Gasteiger charge is -2.10. The molecule has 1 aromatic rings. The third kappa shape index (κ3) is 4.68. The molecule has 0 aromatic carbocycles. The molecule has 1 heterocycles. The summed E-state index contributed by atoms with van der Waals surface area (Å²) in [5.41, 5.74) is 0. The minimum Gasteiger partial charge on any atom is -0.308 e. The quantitative estimate of drug-likeness (QED) is 0.904. The van der Waals surface area contributed by atoms with Gasteiger partial charge in [-0.15, -0.1) is 11.3 Å². The van der Waals surface area contributed by atoms with Crippen LogP contribution in [0.2, 0.25) is 0 Å². The Morgan fingerprint density at radius 1 is 1.64 bits per heavy atom. The Bertz CT molecular complexity index is 314. The van der Waals surface area contributed by atoms with Crippen LogP contribution >= 0.6 is 27.3 Å². The lowest BCUT2D eigenvalue weighted by molar-refractivity contribution is 0.591. The predicted octanol–water partition coefficient (Wildman–Crippen LogP) is 2.37. The van der Waals surface area contributed by atoms with Crippen LogP contribution in [0.15, 0.2) is 15.9 Å². The Labute approximate surface area is 99.7 Å². The Morgan fingerprint density at radius 2 is 2.36 bits per heavy atom. The van der Waals surface area contributed by atoms with E-state index in [2.05, 4.69) is 34.2 Å². The molecule has 80 valence electrons. The van der Waals surface area contributed by atoms with E-state index in [-0.39, 0.29) is 0 Å². The van der Waals surface area contributed by atoms with Gasteiger partial charge in [-0.2, -0.15) is 0 Å². The highest BCUT2D eigenvalue weighted by molar-refractivity contribution is 9.11. The second-order valence-electron chi connectivity index (χ2n) is 3.23. The zero-order valence-electron chi connectivity index (χ0n) is 8.25. The van der Waals surface area contributed by atoms with Gasteiger partial charge in [0, 0.05) is 40.3 Å². The van der Waals surface area contributed by atoms with Gasteiger partial charge in [0.2, 0.25) is 0 Å². The minimum absolute atomic E-state index is 0.307. The van der Waals surface area contributed by atoms with Crippen molar-refractivity contribution < 1.29 is 4.21 Å². The summed E-state index contributed by atoms with van der Waals surface area (Å²) < 4.78 is 12.1. The second kappa shape index (κ2) is 6.00. The fourth-order valence-corrected chi connectivity index (χ4v) is 3.39. The summed E-state index contributed by atoms with van der Waals surface area (Å²) in [5, 5.41) is 3.34. The molecule has 0 radical (unpaired) electrons. The monoisotopic (exact) mass is 295 g/mol. The van der Waals surface area contributed by atoms with Gasteiger partial charge < -0.3 is 5.32 Å². The van der Waals surface area contributed by atoms with Gasteiger partial charge in [0.15, 0.2) is 0 Å². The third-order valence-electron chi connectivity index (χ3n) is 1.74. The summed E-state index contributed by atoms with van der Waals surface area (Å²) in [6.07, 6.45) is 1.74. The fraction of sp³-hybridized carbons (Fsp3) is 0.556. The minimum atomic E-state index is -0.717. The maximum absolute atomic E-state index is 10.9. The smallest absolute Gasteiger partial charge is 0.0701 e. The van der Waals surface area contributed by atoms with Crippen LogP contribution in [-0.2, 0) is 17.3 Å². The van der Waals surface area contributed by atoms with E-state index in [9.17, 15) is 4.21 Å². The van der Waals surface area contributed by atoms with Crippen LogP contribution in [0.4, 0.5) is 0 Å². The van der Waals surface area contributed by atoms with Gasteiger partial charge in [-0.3, -0.25) is 4.21 Å². The first kappa shape index (κ1) is 12.4. The van der Waals surface area contributed by atoms with E-state index in [0.29, 0.717) is 11.8 Å². The van der Waals surface area contributed by atoms with Gasteiger partial charge in [-0.05, 0) is 35.0 Å². The summed E-state index contributed by atoms with van der Waals surface area (Å²) in [5.74, 6) is 0.715. The molecule has 0 aliphatic carbocycles. The molecule has 5 heteroatoms. The van der Waals surface area contributed by atoms with Crippen LogP contribution in [0.3, 0.4) is 0 Å². The maximum Gasteiger partial charge on any atom is 0.0701 e. The molecule has 0 fully saturated rings. The molecule has 1 rings (SSSR count). The molecule has 0 amide bonds. The summed E-state index contributed by atoms with van der Waals surface area (Å²) in [4.78, 5) is 1.30. The average Bonchev–Trinajstić information content (AvgIpc) is 2.47. The number of rotatable bonds is 5. The molecule has 2 nitrogen and oxygen atoms in total. The highest BCUT2D eigenvalue weighted by Gasteiger charge is 2.04. The predicted molar refractivity (Wildman–Crippen MR) is 67.3 cm³/mol. The molecule has 1 N–H and O–H groups in total. The van der Waals surface area contributed by atoms with Crippen LogP contribution in [-0.4, -0.2) is 22.3 Å². The average molecular weight is 296 g/mol. The zero-order chi connectivity index (χ0) is 10.6. The van der Waals surface area contributed by atoms with Gasteiger partial charge in [0.1, 0.15) is 0 Å². The van der Waals surface area contributed by atoms with Crippen molar-refractivity contribution in [3.05, 3.63) is 20.8 Å². The van der Waals surface area contributed by atoms with Crippen molar-refractivity contribution in [3.8, 4) is 0 Å². The SMILES string of the molecule is CC(CS(C)=O)NCc1ccc(Br)s1. The molecule has 0 aliphatic heterocycles. The van der Waals surface area contributed by atoms with Gasteiger partial charge in [0.25, 0.3) is 0 Å². The zero-order valence-corrected chi connectivity index (χ0v) is 11.5. The highest BCUT2D eigenvalue weighted by atomic mass is 79.9. The van der Waals surface area contributed by atoms with Gasteiger partial charge in [-0.25, -0.2) is 0 Å². The van der Waals surface area contributed by atoms with Crippen LogP contribution in [0.25, 0.3) is 0 Å². The largest absolute Gasteiger partial charge is 0.308 e. The Morgan fingerprint density at radius 3 is 2.86 bits per heavy atom. The van der Waals surface area contributed by atoms with Crippen molar-refractivity contribution in [2.75, 3.05) is 12.0 Å². The number of halogens is 1. The maximum atomic E-state index is 10.9. The molecule has 0 bridgehead atoms. The van der Waals surface area contributed by atoms with E-state index in [1.54, 1.807) is 17.6 Å².